The first-order chi connectivity index (χ1) is 11.9. The molecule has 2 aromatic rings. The highest BCUT2D eigenvalue weighted by molar-refractivity contribution is 6.31. The predicted molar refractivity (Wildman–Crippen MR) is 95.8 cm³/mol. The van der Waals surface area contributed by atoms with Crippen LogP contribution in [0, 0.1) is 0 Å². The summed E-state index contributed by atoms with van der Waals surface area (Å²) >= 11 is 5.92. The number of benzene rings is 2. The van der Waals surface area contributed by atoms with Gasteiger partial charge in [0.05, 0.1) is 17.4 Å². The third-order valence-electron chi connectivity index (χ3n) is 3.53. The molecule has 1 atom stereocenters. The molecule has 0 radical (unpaired) electrons. The Morgan fingerprint density at radius 2 is 1.96 bits per heavy atom. The number of phenolic OH excluding ortho intramolecular Hbond substituents is 1. The number of amides is 2. The summed E-state index contributed by atoms with van der Waals surface area (Å²) in [4.78, 5) is 24.0. The summed E-state index contributed by atoms with van der Waals surface area (Å²) in [5.41, 5.74) is 1.04. The monoisotopic (exact) mass is 362 g/mol. The number of anilines is 1. The van der Waals surface area contributed by atoms with Crippen LogP contribution in [-0.4, -0.2) is 28.6 Å². The van der Waals surface area contributed by atoms with Crippen LogP contribution in [-0.2, 0) is 4.79 Å². The Morgan fingerprint density at radius 1 is 1.20 bits per heavy atom. The molecule has 0 aliphatic heterocycles. The van der Waals surface area contributed by atoms with Crippen LogP contribution < -0.4 is 10.6 Å². The van der Waals surface area contributed by atoms with E-state index in [9.17, 15) is 19.8 Å². The van der Waals surface area contributed by atoms with Gasteiger partial charge in [-0.2, -0.15) is 0 Å². The molecule has 0 fully saturated rings. The van der Waals surface area contributed by atoms with Crippen molar-refractivity contribution >= 4 is 29.1 Å². The van der Waals surface area contributed by atoms with Crippen LogP contribution in [0.5, 0.6) is 5.75 Å². The van der Waals surface area contributed by atoms with Crippen molar-refractivity contribution in [2.24, 2.45) is 0 Å². The summed E-state index contributed by atoms with van der Waals surface area (Å²) in [5, 5.41) is 25.2. The molecule has 0 saturated heterocycles. The zero-order valence-corrected chi connectivity index (χ0v) is 14.4. The van der Waals surface area contributed by atoms with Gasteiger partial charge in [0.25, 0.3) is 5.91 Å². The number of rotatable bonds is 6. The van der Waals surface area contributed by atoms with Gasteiger partial charge in [0.1, 0.15) is 5.75 Å². The predicted octanol–water partition coefficient (Wildman–Crippen LogP) is 2.86. The number of aromatic hydroxyl groups is 1. The van der Waals surface area contributed by atoms with E-state index in [1.54, 1.807) is 25.1 Å². The summed E-state index contributed by atoms with van der Waals surface area (Å²) in [6.07, 6.45) is -0.707. The standard InChI is InChI=1S/C18H19ClN2O4/c1-2-17(24)21-15-9-12(19)6-7-14(15)18(25)20-10-16(23)11-4-3-5-13(22)8-11/h3-9,16,22-23H,2,10H2,1H3,(H,20,25)(H,21,24). The molecule has 0 aromatic heterocycles. The zero-order valence-electron chi connectivity index (χ0n) is 13.6. The number of aliphatic hydroxyl groups excluding tert-OH is 1. The normalized spacial score (nSPS) is 11.6. The van der Waals surface area contributed by atoms with Crippen LogP contribution in [0.1, 0.15) is 35.4 Å². The molecule has 2 rings (SSSR count). The highest BCUT2D eigenvalue weighted by Crippen LogP contribution is 2.22. The summed E-state index contributed by atoms with van der Waals surface area (Å²) in [6.45, 7) is 1.65. The molecule has 0 bridgehead atoms. The fourth-order valence-corrected chi connectivity index (χ4v) is 2.36. The first-order valence-electron chi connectivity index (χ1n) is 7.75. The molecular formula is C18H19ClN2O4. The van der Waals surface area contributed by atoms with Gasteiger partial charge in [-0.3, -0.25) is 9.59 Å². The fraction of sp³-hybridized carbons (Fsp3) is 0.222. The van der Waals surface area contributed by atoms with Crippen molar-refractivity contribution in [3.05, 3.63) is 58.6 Å². The fourth-order valence-electron chi connectivity index (χ4n) is 2.19. The van der Waals surface area contributed by atoms with Gasteiger partial charge in [-0.25, -0.2) is 0 Å². The molecule has 132 valence electrons. The molecule has 4 N–H and O–H groups in total. The molecule has 7 heteroatoms. The first-order valence-corrected chi connectivity index (χ1v) is 8.13. The van der Waals surface area contributed by atoms with E-state index >= 15 is 0 Å². The Balaban J connectivity index is 2.09. The van der Waals surface area contributed by atoms with Gasteiger partial charge in [0.15, 0.2) is 0 Å². The maximum absolute atomic E-state index is 12.4. The lowest BCUT2D eigenvalue weighted by Gasteiger charge is -2.15. The van der Waals surface area contributed by atoms with Crippen LogP contribution in [0.4, 0.5) is 5.69 Å². The van der Waals surface area contributed by atoms with E-state index in [4.69, 9.17) is 11.6 Å². The second-order valence-electron chi connectivity index (χ2n) is 5.41. The molecule has 0 aliphatic rings. The maximum atomic E-state index is 12.4. The van der Waals surface area contributed by atoms with Crippen LogP contribution in [0.3, 0.4) is 0 Å². The van der Waals surface area contributed by atoms with Crippen LogP contribution >= 0.6 is 11.6 Å². The Kier molecular flexibility index (Phi) is 6.38. The molecule has 1 unspecified atom stereocenters. The largest absolute Gasteiger partial charge is 0.508 e. The molecule has 0 spiro atoms. The summed E-state index contributed by atoms with van der Waals surface area (Å²) in [6, 6.07) is 10.7. The Morgan fingerprint density at radius 3 is 2.64 bits per heavy atom. The Bertz CT molecular complexity index is 779. The molecule has 0 saturated carbocycles. The lowest BCUT2D eigenvalue weighted by molar-refractivity contribution is -0.115. The second kappa shape index (κ2) is 8.50. The molecule has 6 nitrogen and oxygen atoms in total. The van der Waals surface area contributed by atoms with Gasteiger partial charge in [0, 0.05) is 18.0 Å². The average molecular weight is 363 g/mol. The number of aliphatic hydroxyl groups is 1. The van der Waals surface area contributed by atoms with Crippen molar-refractivity contribution in [3.8, 4) is 5.75 Å². The van der Waals surface area contributed by atoms with Gasteiger partial charge in [-0.15, -0.1) is 0 Å². The number of nitrogens with one attached hydrogen (secondary N) is 2. The number of hydrogen-bond donors (Lipinski definition) is 4. The SMILES string of the molecule is CCC(=O)Nc1cc(Cl)ccc1C(=O)NCC(O)c1cccc(O)c1. The number of hydrogen-bond acceptors (Lipinski definition) is 4. The maximum Gasteiger partial charge on any atom is 0.253 e. The van der Waals surface area contributed by atoms with E-state index in [0.29, 0.717) is 16.3 Å². The number of carbonyl (C=O) groups excluding carboxylic acids is 2. The van der Waals surface area contributed by atoms with E-state index in [-0.39, 0.29) is 30.2 Å². The lowest BCUT2D eigenvalue weighted by atomic mass is 10.1. The molecule has 25 heavy (non-hydrogen) atoms. The topological polar surface area (TPSA) is 98.7 Å². The van der Waals surface area contributed by atoms with Crippen molar-refractivity contribution in [1.29, 1.82) is 0 Å². The van der Waals surface area contributed by atoms with E-state index in [1.807, 2.05) is 0 Å². The van der Waals surface area contributed by atoms with Crippen LogP contribution in [0.25, 0.3) is 0 Å². The molecular weight excluding hydrogens is 344 g/mol. The van der Waals surface area contributed by atoms with E-state index in [0.717, 1.165) is 0 Å². The van der Waals surface area contributed by atoms with Crippen LogP contribution in [0.15, 0.2) is 42.5 Å². The van der Waals surface area contributed by atoms with Crippen molar-refractivity contribution in [1.82, 2.24) is 5.32 Å². The zero-order chi connectivity index (χ0) is 18.4. The molecule has 0 heterocycles. The van der Waals surface area contributed by atoms with Crippen molar-refractivity contribution in [2.45, 2.75) is 19.4 Å². The third kappa shape index (κ3) is 5.20. The summed E-state index contributed by atoms with van der Waals surface area (Å²) in [5.74, 6) is -0.663. The van der Waals surface area contributed by atoms with E-state index < -0.39 is 12.0 Å². The van der Waals surface area contributed by atoms with Gasteiger partial charge < -0.3 is 20.8 Å². The van der Waals surface area contributed by atoms with Crippen molar-refractivity contribution in [3.63, 3.8) is 0 Å². The van der Waals surface area contributed by atoms with Gasteiger partial charge >= 0.3 is 0 Å². The first kappa shape index (κ1) is 18.8. The second-order valence-corrected chi connectivity index (χ2v) is 5.85. The van der Waals surface area contributed by atoms with Crippen molar-refractivity contribution < 1.29 is 19.8 Å². The molecule has 0 aliphatic carbocycles. The quantitative estimate of drug-likeness (QED) is 0.635. The Hall–Kier alpha value is -2.57. The minimum Gasteiger partial charge on any atom is -0.508 e. The van der Waals surface area contributed by atoms with Gasteiger partial charge in [-0.05, 0) is 35.9 Å². The smallest absolute Gasteiger partial charge is 0.253 e. The van der Waals surface area contributed by atoms with Gasteiger partial charge in [-0.1, -0.05) is 30.7 Å². The number of carbonyl (C=O) groups is 2. The Labute approximate surface area is 150 Å². The lowest BCUT2D eigenvalue weighted by Crippen LogP contribution is -2.29. The van der Waals surface area contributed by atoms with Gasteiger partial charge in [0.2, 0.25) is 5.91 Å². The minimum atomic E-state index is -0.975. The number of halogens is 1. The van der Waals surface area contributed by atoms with Crippen molar-refractivity contribution in [2.75, 3.05) is 11.9 Å². The van der Waals surface area contributed by atoms with E-state index in [1.165, 1.54) is 24.3 Å². The summed E-state index contributed by atoms with van der Waals surface area (Å²) in [7, 11) is 0. The van der Waals surface area contributed by atoms with E-state index in [2.05, 4.69) is 10.6 Å². The molecule has 2 amide bonds. The van der Waals surface area contributed by atoms with Crippen LogP contribution in [0.2, 0.25) is 5.02 Å². The highest BCUT2D eigenvalue weighted by atomic mass is 35.5. The molecule has 2 aromatic carbocycles. The third-order valence-corrected chi connectivity index (χ3v) is 3.77. The number of phenols is 1. The minimum absolute atomic E-state index is 0.0325. The summed E-state index contributed by atoms with van der Waals surface area (Å²) < 4.78 is 0. The highest BCUT2D eigenvalue weighted by Gasteiger charge is 2.16. The average Bonchev–Trinajstić information content (AvgIpc) is 2.59.